The van der Waals surface area contributed by atoms with Gasteiger partial charge < -0.3 is 10.2 Å². The lowest BCUT2D eigenvalue weighted by Gasteiger charge is -2.42. The molecule has 3 heterocycles. The number of thiophene rings is 1. The van der Waals surface area contributed by atoms with E-state index in [4.69, 9.17) is 0 Å². The van der Waals surface area contributed by atoms with Crippen LogP contribution in [0.4, 0.5) is 0 Å². The highest BCUT2D eigenvalue weighted by Crippen LogP contribution is 2.36. The van der Waals surface area contributed by atoms with Crippen molar-refractivity contribution in [2.75, 3.05) is 32.7 Å². The van der Waals surface area contributed by atoms with Gasteiger partial charge in [-0.05, 0) is 38.1 Å². The topological polar surface area (TPSA) is 35.6 Å². The summed E-state index contributed by atoms with van der Waals surface area (Å²) >= 11 is 1.77. The quantitative estimate of drug-likeness (QED) is 0.929. The molecule has 2 aliphatic heterocycles. The molecular formula is C16H25N3OS. The van der Waals surface area contributed by atoms with E-state index in [0.717, 1.165) is 45.6 Å². The van der Waals surface area contributed by atoms with Crippen molar-refractivity contribution in [3.63, 3.8) is 0 Å². The van der Waals surface area contributed by atoms with Gasteiger partial charge in [-0.15, -0.1) is 11.3 Å². The Labute approximate surface area is 131 Å². The minimum atomic E-state index is -0.401. The summed E-state index contributed by atoms with van der Waals surface area (Å²) in [6.45, 7) is 8.94. The highest BCUT2D eigenvalue weighted by Gasteiger charge is 2.42. The van der Waals surface area contributed by atoms with E-state index in [1.54, 1.807) is 11.3 Å². The Hall–Kier alpha value is -0.910. The number of nitrogens with one attached hydrogen (secondary N) is 1. The van der Waals surface area contributed by atoms with Crippen molar-refractivity contribution in [3.8, 4) is 0 Å². The molecule has 0 aromatic carbocycles. The van der Waals surface area contributed by atoms with Gasteiger partial charge in [0.2, 0.25) is 5.91 Å². The van der Waals surface area contributed by atoms with Gasteiger partial charge in [0.25, 0.3) is 0 Å². The maximum atomic E-state index is 13.1. The molecule has 0 radical (unpaired) electrons. The summed E-state index contributed by atoms with van der Waals surface area (Å²) in [5.41, 5.74) is -0.401. The molecule has 1 amide bonds. The summed E-state index contributed by atoms with van der Waals surface area (Å²) in [4.78, 5) is 18.9. The van der Waals surface area contributed by atoms with Gasteiger partial charge in [0.1, 0.15) is 0 Å². The second-order valence-electron chi connectivity index (χ2n) is 6.47. The number of rotatable bonds is 3. The SMILES string of the molecule is CC(C)(C(=O)N1CCCC1c1cccs1)N1CCNCC1. The Balaban J connectivity index is 1.76. The molecule has 0 saturated carbocycles. The van der Waals surface area contributed by atoms with Gasteiger partial charge in [0.05, 0.1) is 11.6 Å². The van der Waals surface area contributed by atoms with Crippen molar-refractivity contribution in [2.24, 2.45) is 0 Å². The van der Waals surface area contributed by atoms with Crippen molar-refractivity contribution in [1.29, 1.82) is 0 Å². The van der Waals surface area contributed by atoms with Crippen LogP contribution in [0.2, 0.25) is 0 Å². The molecule has 2 aliphatic rings. The first-order valence-electron chi connectivity index (χ1n) is 7.91. The molecule has 3 rings (SSSR count). The first-order valence-corrected chi connectivity index (χ1v) is 8.79. The third-order valence-electron chi connectivity index (χ3n) is 4.82. The van der Waals surface area contributed by atoms with Crippen LogP contribution in [0.5, 0.6) is 0 Å². The zero-order chi connectivity index (χ0) is 14.9. The van der Waals surface area contributed by atoms with E-state index in [2.05, 4.69) is 46.5 Å². The van der Waals surface area contributed by atoms with Crippen molar-refractivity contribution in [3.05, 3.63) is 22.4 Å². The summed E-state index contributed by atoms with van der Waals surface area (Å²) in [5.74, 6) is 0.292. The van der Waals surface area contributed by atoms with Crippen LogP contribution in [-0.4, -0.2) is 54.0 Å². The van der Waals surface area contributed by atoms with E-state index in [0.29, 0.717) is 11.9 Å². The lowest BCUT2D eigenvalue weighted by molar-refractivity contribution is -0.144. The number of likely N-dealkylation sites (tertiary alicyclic amines) is 1. The molecule has 21 heavy (non-hydrogen) atoms. The van der Waals surface area contributed by atoms with Crippen LogP contribution in [0.25, 0.3) is 0 Å². The summed E-state index contributed by atoms with van der Waals surface area (Å²) in [6.07, 6.45) is 2.22. The third-order valence-corrected chi connectivity index (χ3v) is 5.79. The molecule has 1 atom stereocenters. The van der Waals surface area contributed by atoms with Gasteiger partial charge in [-0.3, -0.25) is 9.69 Å². The van der Waals surface area contributed by atoms with E-state index >= 15 is 0 Å². The van der Waals surface area contributed by atoms with Crippen molar-refractivity contribution < 1.29 is 4.79 Å². The maximum Gasteiger partial charge on any atom is 0.243 e. The number of nitrogens with zero attached hydrogens (tertiary/aromatic N) is 2. The van der Waals surface area contributed by atoms with Crippen LogP contribution >= 0.6 is 11.3 Å². The molecule has 1 aromatic heterocycles. The van der Waals surface area contributed by atoms with Gasteiger partial charge in [-0.25, -0.2) is 0 Å². The fourth-order valence-electron chi connectivity index (χ4n) is 3.50. The molecule has 1 aromatic rings. The molecule has 5 heteroatoms. The Kier molecular flexibility index (Phi) is 4.33. The second kappa shape index (κ2) is 6.07. The fourth-order valence-corrected chi connectivity index (χ4v) is 4.37. The lowest BCUT2D eigenvalue weighted by Crippen LogP contribution is -2.60. The van der Waals surface area contributed by atoms with Crippen LogP contribution < -0.4 is 5.32 Å². The highest BCUT2D eigenvalue weighted by atomic mass is 32.1. The zero-order valence-electron chi connectivity index (χ0n) is 13.0. The minimum Gasteiger partial charge on any atom is -0.333 e. The van der Waals surface area contributed by atoms with Crippen LogP contribution in [0.3, 0.4) is 0 Å². The Bertz CT molecular complexity index is 480. The molecular weight excluding hydrogens is 282 g/mol. The summed E-state index contributed by atoms with van der Waals surface area (Å²) < 4.78 is 0. The first-order chi connectivity index (χ1) is 10.1. The second-order valence-corrected chi connectivity index (χ2v) is 7.45. The Morgan fingerprint density at radius 1 is 1.33 bits per heavy atom. The predicted octanol–water partition coefficient (Wildman–Crippen LogP) is 2.10. The van der Waals surface area contributed by atoms with E-state index in [1.807, 2.05) is 0 Å². The fraction of sp³-hybridized carbons (Fsp3) is 0.688. The summed E-state index contributed by atoms with van der Waals surface area (Å²) in [5, 5.41) is 5.47. The number of amides is 1. The number of carbonyl (C=O) groups excluding carboxylic acids is 1. The smallest absolute Gasteiger partial charge is 0.243 e. The molecule has 4 nitrogen and oxygen atoms in total. The Morgan fingerprint density at radius 2 is 2.10 bits per heavy atom. The minimum absolute atomic E-state index is 0.291. The van der Waals surface area contributed by atoms with Gasteiger partial charge >= 0.3 is 0 Å². The molecule has 1 unspecified atom stereocenters. The number of piperazine rings is 1. The molecule has 2 fully saturated rings. The van der Waals surface area contributed by atoms with Crippen LogP contribution in [-0.2, 0) is 4.79 Å². The standard InChI is InChI=1S/C16H25N3OS/c1-16(2,18-10-7-17-8-11-18)15(20)19-9-3-5-13(19)14-6-4-12-21-14/h4,6,12-13,17H,3,5,7-11H2,1-2H3. The Morgan fingerprint density at radius 3 is 2.76 bits per heavy atom. The van der Waals surface area contributed by atoms with Crippen LogP contribution in [0.15, 0.2) is 17.5 Å². The van der Waals surface area contributed by atoms with Crippen molar-refractivity contribution in [1.82, 2.24) is 15.1 Å². The van der Waals surface area contributed by atoms with Crippen molar-refractivity contribution in [2.45, 2.75) is 38.3 Å². The van der Waals surface area contributed by atoms with E-state index in [-0.39, 0.29) is 0 Å². The lowest BCUT2D eigenvalue weighted by atomic mass is 9.98. The molecule has 0 aliphatic carbocycles. The monoisotopic (exact) mass is 307 g/mol. The maximum absolute atomic E-state index is 13.1. The van der Waals surface area contributed by atoms with E-state index in [9.17, 15) is 4.79 Å². The molecule has 0 bridgehead atoms. The first kappa shape index (κ1) is 15.0. The zero-order valence-corrected chi connectivity index (χ0v) is 13.8. The predicted molar refractivity (Wildman–Crippen MR) is 86.5 cm³/mol. The number of hydrogen-bond donors (Lipinski definition) is 1. The summed E-state index contributed by atoms with van der Waals surface area (Å²) in [7, 11) is 0. The molecule has 116 valence electrons. The number of hydrogen-bond acceptors (Lipinski definition) is 4. The van der Waals surface area contributed by atoms with E-state index in [1.165, 1.54) is 4.88 Å². The van der Waals surface area contributed by atoms with Gasteiger partial charge in [0.15, 0.2) is 0 Å². The van der Waals surface area contributed by atoms with Gasteiger partial charge in [0, 0.05) is 37.6 Å². The highest BCUT2D eigenvalue weighted by molar-refractivity contribution is 7.10. The van der Waals surface area contributed by atoms with Crippen LogP contribution in [0.1, 0.15) is 37.6 Å². The molecule has 0 spiro atoms. The van der Waals surface area contributed by atoms with Crippen molar-refractivity contribution >= 4 is 17.2 Å². The van der Waals surface area contributed by atoms with Gasteiger partial charge in [-0.1, -0.05) is 6.07 Å². The average Bonchev–Trinajstić information content (AvgIpc) is 3.18. The summed E-state index contributed by atoms with van der Waals surface area (Å²) in [6, 6.07) is 4.54. The largest absolute Gasteiger partial charge is 0.333 e. The van der Waals surface area contributed by atoms with Gasteiger partial charge in [-0.2, -0.15) is 0 Å². The third kappa shape index (κ3) is 2.87. The number of carbonyl (C=O) groups is 1. The molecule has 2 saturated heterocycles. The normalized spacial score (nSPS) is 24.5. The van der Waals surface area contributed by atoms with Crippen LogP contribution in [0, 0.1) is 0 Å². The molecule has 1 N–H and O–H groups in total. The average molecular weight is 307 g/mol. The van der Waals surface area contributed by atoms with E-state index < -0.39 is 5.54 Å².